The Labute approximate surface area is 189 Å². The van der Waals surface area contributed by atoms with Crippen LogP contribution in [0.25, 0.3) is 11.0 Å². The van der Waals surface area contributed by atoms with Crippen molar-refractivity contribution < 1.29 is 18.5 Å². The van der Waals surface area contributed by atoms with Gasteiger partial charge in [0.15, 0.2) is 17.3 Å². The Kier molecular flexibility index (Phi) is 7.10. The summed E-state index contributed by atoms with van der Waals surface area (Å²) in [6.45, 7) is 1.82. The van der Waals surface area contributed by atoms with Gasteiger partial charge in [0, 0.05) is 44.6 Å². The Morgan fingerprint density at radius 3 is 2.72 bits per heavy atom. The van der Waals surface area contributed by atoms with E-state index >= 15 is 0 Å². The third kappa shape index (κ3) is 5.06. The van der Waals surface area contributed by atoms with Gasteiger partial charge in [-0.05, 0) is 36.2 Å². The molecule has 0 radical (unpaired) electrons. The molecule has 2 aromatic carbocycles. The first-order chi connectivity index (χ1) is 15.2. The fraction of sp³-hybridized carbons (Fsp3) is 0.217. The molecule has 1 amide bonds. The number of ether oxygens (including phenoxy) is 1. The molecule has 0 fully saturated rings. The normalized spacial score (nSPS) is 11.6. The molecule has 32 heavy (non-hydrogen) atoms. The van der Waals surface area contributed by atoms with Gasteiger partial charge in [-0.25, -0.2) is 9.59 Å². The zero-order valence-corrected chi connectivity index (χ0v) is 19.0. The Balaban J connectivity index is 2.01. The maximum atomic E-state index is 12.8. The maximum absolute atomic E-state index is 12.8. The lowest BCUT2D eigenvalue weighted by atomic mass is 9.98. The van der Waals surface area contributed by atoms with E-state index in [1.54, 1.807) is 33.3 Å². The Morgan fingerprint density at radius 2 is 2.06 bits per heavy atom. The third-order valence-electron chi connectivity index (χ3n) is 4.81. The summed E-state index contributed by atoms with van der Waals surface area (Å²) in [5, 5.41) is 0.655. The molecule has 0 saturated heterocycles. The largest absolute Gasteiger partial charge is 0.574 e. The number of hydrogen-bond donors (Lipinski definition) is 2. The summed E-state index contributed by atoms with van der Waals surface area (Å²) < 4.78 is 27.9. The molecule has 2 N–H and O–H groups in total. The van der Waals surface area contributed by atoms with Crippen LogP contribution in [0.15, 0.2) is 45.6 Å². The van der Waals surface area contributed by atoms with Crippen LogP contribution in [0, 0.1) is 19.3 Å². The molecule has 1 aromatic heterocycles. The monoisotopic (exact) mass is 453 g/mol. The lowest BCUT2D eigenvalue weighted by Gasteiger charge is -2.14. The van der Waals surface area contributed by atoms with Gasteiger partial charge in [0.25, 0.3) is 0 Å². The number of aryl methyl sites for hydroxylation is 1. The van der Waals surface area contributed by atoms with Gasteiger partial charge in [0.2, 0.25) is 0 Å². The highest BCUT2D eigenvalue weighted by atomic mass is 32.2. The average Bonchev–Trinajstić information content (AvgIpc) is 2.76. The molecule has 9 heteroatoms. The first kappa shape index (κ1) is 23.2. The average molecular weight is 454 g/mol. The van der Waals surface area contributed by atoms with E-state index in [1.807, 2.05) is 25.1 Å². The SMILES string of the molecule is C#Cc1cc2c(C)c(Cc3cccc(N[S+]([O-])NC)c3)c(=O)oc2cc1OC(=O)N(C)C. The quantitative estimate of drug-likeness (QED) is 0.336. The molecule has 3 aromatic rings. The van der Waals surface area contributed by atoms with Crippen LogP contribution in [0.5, 0.6) is 5.75 Å². The predicted octanol–water partition coefficient (Wildman–Crippen LogP) is 2.94. The van der Waals surface area contributed by atoms with Gasteiger partial charge in [-0.1, -0.05) is 18.1 Å². The van der Waals surface area contributed by atoms with Crippen molar-refractivity contribution in [1.82, 2.24) is 9.62 Å². The number of benzene rings is 2. The van der Waals surface area contributed by atoms with E-state index in [-0.39, 0.29) is 11.3 Å². The molecule has 0 saturated carbocycles. The fourth-order valence-electron chi connectivity index (χ4n) is 3.11. The predicted molar refractivity (Wildman–Crippen MR) is 125 cm³/mol. The zero-order valence-electron chi connectivity index (χ0n) is 18.1. The Bertz CT molecular complexity index is 1260. The lowest BCUT2D eigenvalue weighted by molar-refractivity contribution is 0.172. The number of carbonyl (C=O) groups excluding carboxylic acids is 1. The topological polar surface area (TPSA) is 107 Å². The summed E-state index contributed by atoms with van der Waals surface area (Å²) in [6.07, 6.45) is 5.34. The van der Waals surface area contributed by atoms with Crippen LogP contribution < -0.4 is 19.8 Å². The van der Waals surface area contributed by atoms with E-state index in [2.05, 4.69) is 15.4 Å². The third-order valence-corrected chi connectivity index (χ3v) is 5.60. The molecular formula is C23H23N3O5S. The van der Waals surface area contributed by atoms with E-state index in [0.717, 1.165) is 11.1 Å². The van der Waals surface area contributed by atoms with Crippen LogP contribution in [-0.4, -0.2) is 36.7 Å². The second kappa shape index (κ2) is 9.78. The summed E-state index contributed by atoms with van der Waals surface area (Å²) in [5.74, 6) is 2.66. The van der Waals surface area contributed by atoms with E-state index in [9.17, 15) is 14.1 Å². The minimum absolute atomic E-state index is 0.144. The zero-order chi connectivity index (χ0) is 23.4. The van der Waals surface area contributed by atoms with Crippen LogP contribution in [0.2, 0.25) is 0 Å². The number of nitrogens with zero attached hydrogens (tertiary/aromatic N) is 1. The van der Waals surface area contributed by atoms with Crippen molar-refractivity contribution in [3.63, 3.8) is 0 Å². The van der Waals surface area contributed by atoms with Gasteiger partial charge in [-0.3, -0.25) is 0 Å². The smallest absolute Gasteiger partial charge is 0.414 e. The molecule has 0 bridgehead atoms. The van der Waals surface area contributed by atoms with Crippen molar-refractivity contribution in [2.24, 2.45) is 0 Å². The summed E-state index contributed by atoms with van der Waals surface area (Å²) in [4.78, 5) is 26.0. The van der Waals surface area contributed by atoms with E-state index in [1.165, 1.54) is 11.0 Å². The number of anilines is 1. The molecule has 0 aliphatic carbocycles. The number of terminal acetylenes is 1. The highest BCUT2D eigenvalue weighted by Crippen LogP contribution is 2.29. The van der Waals surface area contributed by atoms with Crippen molar-refractivity contribution in [1.29, 1.82) is 0 Å². The standard InChI is InChI=1S/C23H23N3O5S/c1-6-16-12-18-14(2)19(11-15-8-7-9-17(10-15)25-32(29)24-3)22(27)30-21(18)13-20(16)31-23(28)26(4)5/h1,7-10,12-13,24-25H,11H2,2-5H3. The minimum atomic E-state index is -1.41. The first-order valence-electron chi connectivity index (χ1n) is 9.64. The van der Waals surface area contributed by atoms with E-state index < -0.39 is 23.3 Å². The molecule has 3 rings (SSSR count). The lowest BCUT2D eigenvalue weighted by Crippen LogP contribution is -2.26. The van der Waals surface area contributed by atoms with Crippen LogP contribution in [0.3, 0.4) is 0 Å². The van der Waals surface area contributed by atoms with Crippen molar-refractivity contribution in [3.8, 4) is 18.1 Å². The van der Waals surface area contributed by atoms with Gasteiger partial charge >= 0.3 is 11.7 Å². The van der Waals surface area contributed by atoms with Crippen molar-refractivity contribution in [2.45, 2.75) is 13.3 Å². The van der Waals surface area contributed by atoms with Crippen LogP contribution in [-0.2, 0) is 18.0 Å². The first-order valence-corrected chi connectivity index (χ1v) is 10.8. The Hall–Kier alpha value is -3.45. The number of hydrogen-bond acceptors (Lipinski definition) is 7. The molecule has 0 spiro atoms. The summed E-state index contributed by atoms with van der Waals surface area (Å²) in [6, 6.07) is 10.4. The molecule has 8 nitrogen and oxygen atoms in total. The van der Waals surface area contributed by atoms with Crippen LogP contribution in [0.1, 0.15) is 22.3 Å². The summed E-state index contributed by atoms with van der Waals surface area (Å²) >= 11 is -1.41. The molecule has 0 aliphatic rings. The molecule has 1 heterocycles. The second-order valence-electron chi connectivity index (χ2n) is 7.20. The second-order valence-corrected chi connectivity index (χ2v) is 8.35. The van der Waals surface area contributed by atoms with Crippen molar-refractivity contribution in [2.75, 3.05) is 25.9 Å². The summed E-state index contributed by atoms with van der Waals surface area (Å²) in [5.41, 5.74) is 2.84. The summed E-state index contributed by atoms with van der Waals surface area (Å²) in [7, 11) is 4.68. The number of nitrogens with one attached hydrogen (secondary N) is 2. The highest BCUT2D eigenvalue weighted by Gasteiger charge is 2.17. The van der Waals surface area contributed by atoms with E-state index in [0.29, 0.717) is 28.6 Å². The number of carbonyl (C=O) groups is 1. The molecule has 1 atom stereocenters. The maximum Gasteiger partial charge on any atom is 0.414 e. The van der Waals surface area contributed by atoms with Gasteiger partial charge in [-0.2, -0.15) is 4.72 Å². The van der Waals surface area contributed by atoms with Gasteiger partial charge in [0.1, 0.15) is 5.58 Å². The van der Waals surface area contributed by atoms with Crippen molar-refractivity contribution in [3.05, 3.63) is 69.1 Å². The van der Waals surface area contributed by atoms with Crippen LogP contribution >= 0.6 is 0 Å². The molecule has 166 valence electrons. The molecular weight excluding hydrogens is 430 g/mol. The van der Waals surface area contributed by atoms with Gasteiger partial charge < -0.3 is 18.6 Å². The van der Waals surface area contributed by atoms with Crippen molar-refractivity contribution >= 4 is 34.3 Å². The highest BCUT2D eigenvalue weighted by molar-refractivity contribution is 7.90. The minimum Gasteiger partial charge on any atom is -0.574 e. The molecule has 1 unspecified atom stereocenters. The fourth-order valence-corrected chi connectivity index (χ4v) is 3.55. The van der Waals surface area contributed by atoms with E-state index in [4.69, 9.17) is 15.6 Å². The Morgan fingerprint density at radius 1 is 1.31 bits per heavy atom. The van der Waals surface area contributed by atoms with Gasteiger partial charge in [-0.15, -0.1) is 11.1 Å². The number of rotatable bonds is 6. The number of amides is 1. The van der Waals surface area contributed by atoms with Gasteiger partial charge in [0.05, 0.1) is 11.3 Å². The van der Waals surface area contributed by atoms with Crippen LogP contribution in [0.4, 0.5) is 10.5 Å². The number of fused-ring (bicyclic) bond motifs is 1. The molecule has 0 aliphatic heterocycles.